The van der Waals surface area contributed by atoms with Gasteiger partial charge in [-0.3, -0.25) is 9.59 Å². The number of carbonyl (C=O) groups excluding carboxylic acids is 2. The Hall–Kier alpha value is -3.42. The van der Waals surface area contributed by atoms with Crippen molar-refractivity contribution in [2.45, 2.75) is 38.6 Å². The number of H-pyrrole nitrogens is 1. The van der Waals surface area contributed by atoms with Gasteiger partial charge in [-0.05, 0) is 69.0 Å². The second-order valence-corrected chi connectivity index (χ2v) is 7.50. The van der Waals surface area contributed by atoms with E-state index in [9.17, 15) is 9.59 Å². The normalized spacial score (nSPS) is 18.7. The van der Waals surface area contributed by atoms with Crippen molar-refractivity contribution >= 4 is 28.5 Å². The number of nitrogens with zero attached hydrogens (tertiary/aromatic N) is 2. The second kappa shape index (κ2) is 8.94. The van der Waals surface area contributed by atoms with E-state index >= 15 is 0 Å². The van der Waals surface area contributed by atoms with Gasteiger partial charge in [-0.2, -0.15) is 15.4 Å². The molecule has 1 aromatic heterocycles. The van der Waals surface area contributed by atoms with Crippen LogP contribution in [-0.2, 0) is 4.79 Å². The fourth-order valence-electron chi connectivity index (χ4n) is 3.82. The van der Waals surface area contributed by atoms with E-state index in [1.54, 1.807) is 18.2 Å². The summed E-state index contributed by atoms with van der Waals surface area (Å²) in [6.45, 7) is 2.47. The molecular weight excluding hydrogens is 382 g/mol. The summed E-state index contributed by atoms with van der Waals surface area (Å²) in [7, 11) is 0. The van der Waals surface area contributed by atoms with Crippen molar-refractivity contribution in [3.05, 3.63) is 48.0 Å². The summed E-state index contributed by atoms with van der Waals surface area (Å²) in [5.74, 6) is 0.527. The van der Waals surface area contributed by atoms with Crippen molar-refractivity contribution in [1.29, 1.82) is 0 Å². The predicted octanol–water partition coefficient (Wildman–Crippen LogP) is 3.28. The molecule has 0 saturated heterocycles. The predicted molar refractivity (Wildman–Crippen MR) is 113 cm³/mol. The Labute approximate surface area is 174 Å². The van der Waals surface area contributed by atoms with E-state index in [1.807, 2.05) is 31.2 Å². The minimum absolute atomic E-state index is 0.00652. The van der Waals surface area contributed by atoms with Gasteiger partial charge in [0.05, 0.1) is 6.61 Å². The summed E-state index contributed by atoms with van der Waals surface area (Å²) >= 11 is 0. The van der Waals surface area contributed by atoms with Gasteiger partial charge in [0.1, 0.15) is 16.8 Å². The zero-order valence-corrected chi connectivity index (χ0v) is 16.9. The number of hydrogen-bond acceptors (Lipinski definition) is 5. The molecule has 2 aromatic carbocycles. The van der Waals surface area contributed by atoms with Gasteiger partial charge in [0, 0.05) is 23.2 Å². The number of aromatic nitrogens is 3. The van der Waals surface area contributed by atoms with Crippen molar-refractivity contribution in [2.24, 2.45) is 5.92 Å². The summed E-state index contributed by atoms with van der Waals surface area (Å²) in [5.41, 5.74) is 2.78. The first-order valence-electron chi connectivity index (χ1n) is 10.3. The van der Waals surface area contributed by atoms with Gasteiger partial charge in [-0.1, -0.05) is 6.07 Å². The lowest BCUT2D eigenvalue weighted by Crippen LogP contribution is -2.39. The highest BCUT2D eigenvalue weighted by atomic mass is 16.5. The van der Waals surface area contributed by atoms with Crippen LogP contribution >= 0.6 is 0 Å². The number of hydrogen-bond donors (Lipinski definition) is 3. The van der Waals surface area contributed by atoms with E-state index in [0.29, 0.717) is 29.1 Å². The number of ether oxygens (including phenoxy) is 1. The van der Waals surface area contributed by atoms with Crippen LogP contribution in [-0.4, -0.2) is 39.9 Å². The molecule has 2 amide bonds. The van der Waals surface area contributed by atoms with Crippen LogP contribution in [0.15, 0.2) is 42.5 Å². The molecule has 8 heteroatoms. The first-order chi connectivity index (χ1) is 14.6. The van der Waals surface area contributed by atoms with Crippen LogP contribution in [0.5, 0.6) is 5.75 Å². The van der Waals surface area contributed by atoms with Crippen LogP contribution < -0.4 is 15.4 Å². The number of aromatic amines is 1. The lowest BCUT2D eigenvalue weighted by Gasteiger charge is -2.28. The Morgan fingerprint density at radius 2 is 1.87 bits per heavy atom. The third-order valence-electron chi connectivity index (χ3n) is 5.42. The molecule has 30 heavy (non-hydrogen) atoms. The molecular formula is C22H25N5O3. The smallest absolute Gasteiger partial charge is 0.251 e. The lowest BCUT2D eigenvalue weighted by atomic mass is 9.85. The topological polar surface area (TPSA) is 109 Å². The molecule has 0 radical (unpaired) electrons. The van der Waals surface area contributed by atoms with Gasteiger partial charge in [-0.15, -0.1) is 0 Å². The van der Waals surface area contributed by atoms with Gasteiger partial charge >= 0.3 is 0 Å². The van der Waals surface area contributed by atoms with Crippen molar-refractivity contribution in [1.82, 2.24) is 20.7 Å². The van der Waals surface area contributed by atoms with Crippen molar-refractivity contribution in [2.75, 3.05) is 11.9 Å². The molecule has 1 aliphatic rings. The molecule has 3 aromatic rings. The maximum atomic E-state index is 12.6. The first-order valence-corrected chi connectivity index (χ1v) is 10.3. The first kappa shape index (κ1) is 19.9. The molecule has 1 fully saturated rings. The number of amides is 2. The van der Waals surface area contributed by atoms with E-state index < -0.39 is 0 Å². The third kappa shape index (κ3) is 4.59. The molecule has 1 heterocycles. The van der Waals surface area contributed by atoms with Crippen molar-refractivity contribution in [3.63, 3.8) is 0 Å². The Balaban J connectivity index is 1.28. The van der Waals surface area contributed by atoms with Gasteiger partial charge in [0.25, 0.3) is 5.91 Å². The van der Waals surface area contributed by atoms with E-state index in [-0.39, 0.29) is 23.8 Å². The van der Waals surface area contributed by atoms with Crippen molar-refractivity contribution < 1.29 is 14.3 Å². The summed E-state index contributed by atoms with van der Waals surface area (Å²) in [5, 5.41) is 16.7. The molecule has 0 spiro atoms. The summed E-state index contributed by atoms with van der Waals surface area (Å²) in [6, 6.07) is 12.7. The summed E-state index contributed by atoms with van der Waals surface area (Å²) < 4.78 is 5.46. The van der Waals surface area contributed by atoms with Gasteiger partial charge in [0.2, 0.25) is 5.91 Å². The summed E-state index contributed by atoms with van der Waals surface area (Å²) in [6.07, 6.45) is 3.03. The minimum Gasteiger partial charge on any atom is -0.494 e. The number of nitrogens with one attached hydrogen (secondary N) is 3. The number of anilines is 1. The van der Waals surface area contributed by atoms with E-state index in [2.05, 4.69) is 26.0 Å². The van der Waals surface area contributed by atoms with Crippen molar-refractivity contribution in [3.8, 4) is 5.75 Å². The maximum absolute atomic E-state index is 12.6. The van der Waals surface area contributed by atoms with Crippen LogP contribution in [0.4, 0.5) is 5.69 Å². The largest absolute Gasteiger partial charge is 0.494 e. The summed E-state index contributed by atoms with van der Waals surface area (Å²) in [4.78, 5) is 25.2. The van der Waals surface area contributed by atoms with Gasteiger partial charge in [0.15, 0.2) is 0 Å². The molecule has 0 bridgehead atoms. The number of carbonyl (C=O) groups is 2. The Bertz CT molecular complexity index is 1040. The number of rotatable bonds is 6. The molecule has 0 unspecified atom stereocenters. The minimum atomic E-state index is -0.106. The van der Waals surface area contributed by atoms with Gasteiger partial charge in [-0.25, -0.2) is 0 Å². The Morgan fingerprint density at radius 1 is 1.07 bits per heavy atom. The highest BCUT2D eigenvalue weighted by molar-refractivity contribution is 5.95. The lowest BCUT2D eigenvalue weighted by molar-refractivity contribution is -0.120. The highest BCUT2D eigenvalue weighted by Gasteiger charge is 2.27. The average Bonchev–Trinajstić information content (AvgIpc) is 3.22. The standard InChI is InChI=1S/C22H25N5O3/c1-2-30-18-5-3-4-15(12-18)22(29)23-16-8-6-14(7-9-16)21(28)24-17-10-11-19-20(13-17)26-27-25-19/h3-5,10-14,16H,2,6-9H2,1H3,(H,23,29)(H,24,28)(H,25,26,27). The van der Waals surface area contributed by atoms with Crippen LogP contribution in [0.2, 0.25) is 0 Å². The second-order valence-electron chi connectivity index (χ2n) is 7.50. The molecule has 3 N–H and O–H groups in total. The zero-order chi connectivity index (χ0) is 20.9. The Kier molecular flexibility index (Phi) is 5.92. The average molecular weight is 407 g/mol. The molecule has 4 rings (SSSR count). The fourth-order valence-corrected chi connectivity index (χ4v) is 3.82. The fraction of sp³-hybridized carbons (Fsp3) is 0.364. The quantitative estimate of drug-likeness (QED) is 0.581. The molecule has 0 aliphatic heterocycles. The van der Waals surface area contributed by atoms with E-state index in [1.165, 1.54) is 0 Å². The Morgan fingerprint density at radius 3 is 2.67 bits per heavy atom. The molecule has 8 nitrogen and oxygen atoms in total. The van der Waals surface area contributed by atoms with Crippen LogP contribution in [0.3, 0.4) is 0 Å². The van der Waals surface area contributed by atoms with Crippen LogP contribution in [0.25, 0.3) is 11.0 Å². The SMILES string of the molecule is CCOc1cccc(C(=O)NC2CCC(C(=O)Nc3ccc4n[nH]nc4c3)CC2)c1. The molecule has 0 atom stereocenters. The highest BCUT2D eigenvalue weighted by Crippen LogP contribution is 2.26. The number of benzene rings is 2. The van der Waals surface area contributed by atoms with E-state index in [4.69, 9.17) is 4.74 Å². The molecule has 1 saturated carbocycles. The molecule has 1 aliphatic carbocycles. The molecule has 156 valence electrons. The third-order valence-corrected chi connectivity index (χ3v) is 5.42. The van der Waals surface area contributed by atoms with Gasteiger partial charge < -0.3 is 15.4 Å². The van der Waals surface area contributed by atoms with Crippen LogP contribution in [0.1, 0.15) is 43.0 Å². The zero-order valence-electron chi connectivity index (χ0n) is 16.9. The van der Waals surface area contributed by atoms with E-state index in [0.717, 1.165) is 31.2 Å². The monoisotopic (exact) mass is 407 g/mol. The van der Waals surface area contributed by atoms with Crippen LogP contribution in [0, 0.1) is 5.92 Å². The maximum Gasteiger partial charge on any atom is 0.251 e. The number of fused-ring (bicyclic) bond motifs is 1.